The van der Waals surface area contributed by atoms with Crippen LogP contribution >= 0.6 is 0 Å². The number of aryl methyl sites for hydroxylation is 1. The van der Waals surface area contributed by atoms with Gasteiger partial charge in [-0.2, -0.15) is 5.10 Å². The summed E-state index contributed by atoms with van der Waals surface area (Å²) in [4.78, 5) is 0. The molecule has 0 amide bonds. The van der Waals surface area contributed by atoms with Crippen LogP contribution in [0, 0.1) is 5.82 Å². The molecule has 14 heavy (non-hydrogen) atoms. The number of benzene rings is 1. The van der Waals surface area contributed by atoms with E-state index in [0.717, 1.165) is 11.6 Å². The van der Waals surface area contributed by atoms with Crippen LogP contribution in [0.5, 0.6) is 5.75 Å². The Kier molecular flexibility index (Phi) is 1.96. The molecule has 0 radical (unpaired) electrons. The smallest absolute Gasteiger partial charge is 0.127 e. The molecule has 2 rings (SSSR count). The van der Waals surface area contributed by atoms with Crippen molar-refractivity contribution in [2.24, 2.45) is 7.05 Å². The molecule has 3 nitrogen and oxygen atoms in total. The zero-order chi connectivity index (χ0) is 10.1. The molecule has 0 saturated carbocycles. The van der Waals surface area contributed by atoms with E-state index in [-0.39, 0.29) is 5.75 Å². The fourth-order valence-corrected chi connectivity index (χ4v) is 1.31. The number of aromatic hydroxyl groups is 1. The molecule has 1 heterocycles. The van der Waals surface area contributed by atoms with E-state index in [1.54, 1.807) is 24.1 Å². The molecule has 0 aliphatic heterocycles. The normalized spacial score (nSPS) is 10.4. The monoisotopic (exact) mass is 192 g/mol. The van der Waals surface area contributed by atoms with Gasteiger partial charge in [-0.25, -0.2) is 4.39 Å². The maximum Gasteiger partial charge on any atom is 0.127 e. The van der Waals surface area contributed by atoms with E-state index in [1.807, 2.05) is 0 Å². The fourth-order valence-electron chi connectivity index (χ4n) is 1.31. The molecule has 0 aliphatic carbocycles. The van der Waals surface area contributed by atoms with E-state index in [2.05, 4.69) is 5.10 Å². The molecule has 0 saturated heterocycles. The van der Waals surface area contributed by atoms with Crippen molar-refractivity contribution in [2.45, 2.75) is 0 Å². The summed E-state index contributed by atoms with van der Waals surface area (Å²) in [7, 11) is 1.78. The number of phenolic OH excluding ortho intramolecular Hbond substituents is 1. The first-order valence-corrected chi connectivity index (χ1v) is 4.14. The largest absolute Gasteiger partial charge is 0.508 e. The third kappa shape index (κ3) is 1.59. The van der Waals surface area contributed by atoms with Gasteiger partial charge >= 0.3 is 0 Å². The number of hydrogen-bond acceptors (Lipinski definition) is 2. The highest BCUT2D eigenvalue weighted by atomic mass is 19.1. The van der Waals surface area contributed by atoms with Gasteiger partial charge in [-0.05, 0) is 17.7 Å². The molecular weight excluding hydrogens is 183 g/mol. The summed E-state index contributed by atoms with van der Waals surface area (Å²) < 4.78 is 14.6. The molecule has 2 aromatic rings. The SMILES string of the molecule is Cn1cc(-c2cc(O)cc(F)c2)cn1. The lowest BCUT2D eigenvalue weighted by Gasteiger charge is -1.98. The molecule has 4 heteroatoms. The van der Waals surface area contributed by atoms with Crippen molar-refractivity contribution in [1.29, 1.82) is 0 Å². The van der Waals surface area contributed by atoms with Crippen LogP contribution in [-0.4, -0.2) is 14.9 Å². The summed E-state index contributed by atoms with van der Waals surface area (Å²) in [5.74, 6) is -0.535. The van der Waals surface area contributed by atoms with Gasteiger partial charge in [0.05, 0.1) is 6.20 Å². The number of aromatic nitrogens is 2. The Hall–Kier alpha value is -1.84. The number of hydrogen-bond donors (Lipinski definition) is 1. The van der Waals surface area contributed by atoms with E-state index in [0.29, 0.717) is 5.56 Å². The van der Waals surface area contributed by atoms with Crippen LogP contribution in [0.1, 0.15) is 0 Å². The molecule has 72 valence electrons. The van der Waals surface area contributed by atoms with E-state index >= 15 is 0 Å². The first-order chi connectivity index (χ1) is 6.65. The predicted octanol–water partition coefficient (Wildman–Crippen LogP) is 1.93. The van der Waals surface area contributed by atoms with Crippen LogP contribution in [0.4, 0.5) is 4.39 Å². The van der Waals surface area contributed by atoms with Gasteiger partial charge in [0.2, 0.25) is 0 Å². The minimum atomic E-state index is -0.455. The van der Waals surface area contributed by atoms with Gasteiger partial charge in [0.1, 0.15) is 11.6 Å². The van der Waals surface area contributed by atoms with Crippen molar-refractivity contribution in [2.75, 3.05) is 0 Å². The van der Waals surface area contributed by atoms with Crippen molar-refractivity contribution in [3.63, 3.8) is 0 Å². The number of rotatable bonds is 1. The second-order valence-electron chi connectivity index (χ2n) is 3.10. The summed E-state index contributed by atoms with van der Waals surface area (Å²) in [5, 5.41) is 13.2. The second kappa shape index (κ2) is 3.14. The summed E-state index contributed by atoms with van der Waals surface area (Å²) in [6.45, 7) is 0. The molecule has 0 aliphatic rings. The third-order valence-electron chi connectivity index (χ3n) is 1.92. The van der Waals surface area contributed by atoms with Gasteiger partial charge in [0.25, 0.3) is 0 Å². The van der Waals surface area contributed by atoms with Gasteiger partial charge in [-0.15, -0.1) is 0 Å². The standard InChI is InChI=1S/C10H9FN2O/c1-13-6-8(5-12-13)7-2-9(11)4-10(14)3-7/h2-6,14H,1H3. The molecule has 1 aromatic heterocycles. The molecule has 0 atom stereocenters. The minimum absolute atomic E-state index is 0.0798. The molecule has 0 bridgehead atoms. The average Bonchev–Trinajstić information content (AvgIpc) is 2.50. The zero-order valence-corrected chi connectivity index (χ0v) is 7.61. The van der Waals surface area contributed by atoms with Gasteiger partial charge in [0.15, 0.2) is 0 Å². The summed E-state index contributed by atoms with van der Waals surface area (Å²) >= 11 is 0. The summed E-state index contributed by atoms with van der Waals surface area (Å²) in [6.07, 6.45) is 3.38. The van der Waals surface area contributed by atoms with E-state index < -0.39 is 5.82 Å². The zero-order valence-electron chi connectivity index (χ0n) is 7.61. The van der Waals surface area contributed by atoms with Crippen molar-refractivity contribution in [3.8, 4) is 16.9 Å². The molecule has 1 aromatic carbocycles. The highest BCUT2D eigenvalue weighted by Gasteiger charge is 2.03. The number of nitrogens with zero attached hydrogens (tertiary/aromatic N) is 2. The Bertz CT molecular complexity index is 445. The third-order valence-corrected chi connectivity index (χ3v) is 1.92. The first-order valence-electron chi connectivity index (χ1n) is 4.14. The van der Waals surface area contributed by atoms with Gasteiger partial charge in [-0.3, -0.25) is 4.68 Å². The lowest BCUT2D eigenvalue weighted by molar-refractivity contribution is 0.469. The first kappa shape index (κ1) is 8.74. The van der Waals surface area contributed by atoms with E-state index in [4.69, 9.17) is 0 Å². The summed E-state index contributed by atoms with van der Waals surface area (Å²) in [5.41, 5.74) is 1.40. The minimum Gasteiger partial charge on any atom is -0.508 e. The average molecular weight is 192 g/mol. The van der Waals surface area contributed by atoms with Crippen LogP contribution in [-0.2, 0) is 7.05 Å². The Balaban J connectivity index is 2.51. The summed E-state index contributed by atoms with van der Waals surface area (Å²) in [6, 6.07) is 3.93. The highest BCUT2D eigenvalue weighted by molar-refractivity contribution is 5.63. The van der Waals surface area contributed by atoms with Crippen LogP contribution < -0.4 is 0 Å². The lowest BCUT2D eigenvalue weighted by Crippen LogP contribution is -1.84. The number of halogens is 1. The fraction of sp³-hybridized carbons (Fsp3) is 0.100. The van der Waals surface area contributed by atoms with Crippen molar-refractivity contribution in [3.05, 3.63) is 36.4 Å². The van der Waals surface area contributed by atoms with Crippen LogP contribution in [0.3, 0.4) is 0 Å². The predicted molar refractivity (Wildman–Crippen MR) is 50.3 cm³/mol. The second-order valence-corrected chi connectivity index (χ2v) is 3.10. The molecule has 0 unspecified atom stereocenters. The Morgan fingerprint density at radius 2 is 2.07 bits per heavy atom. The van der Waals surface area contributed by atoms with E-state index in [9.17, 15) is 9.50 Å². The Labute approximate surface area is 80.4 Å². The molecule has 1 N–H and O–H groups in total. The molecule has 0 fully saturated rings. The quantitative estimate of drug-likeness (QED) is 0.749. The van der Waals surface area contributed by atoms with Crippen LogP contribution in [0.15, 0.2) is 30.6 Å². The maximum atomic E-state index is 12.9. The van der Waals surface area contributed by atoms with Crippen molar-refractivity contribution >= 4 is 0 Å². The Morgan fingerprint density at radius 1 is 1.29 bits per heavy atom. The molecule has 0 spiro atoms. The topological polar surface area (TPSA) is 38.0 Å². The van der Waals surface area contributed by atoms with Crippen LogP contribution in [0.25, 0.3) is 11.1 Å². The van der Waals surface area contributed by atoms with Crippen molar-refractivity contribution in [1.82, 2.24) is 9.78 Å². The maximum absolute atomic E-state index is 12.9. The lowest BCUT2D eigenvalue weighted by atomic mass is 10.1. The molecular formula is C10H9FN2O. The Morgan fingerprint density at radius 3 is 2.64 bits per heavy atom. The number of phenols is 1. The highest BCUT2D eigenvalue weighted by Crippen LogP contribution is 2.24. The van der Waals surface area contributed by atoms with Gasteiger partial charge in [0, 0.05) is 24.9 Å². The van der Waals surface area contributed by atoms with E-state index in [1.165, 1.54) is 12.1 Å². The van der Waals surface area contributed by atoms with Gasteiger partial charge < -0.3 is 5.11 Å². The van der Waals surface area contributed by atoms with Gasteiger partial charge in [-0.1, -0.05) is 0 Å². The van der Waals surface area contributed by atoms with Crippen LogP contribution in [0.2, 0.25) is 0 Å². The van der Waals surface area contributed by atoms with Crippen molar-refractivity contribution < 1.29 is 9.50 Å².